The predicted molar refractivity (Wildman–Crippen MR) is 98.8 cm³/mol. The van der Waals surface area contributed by atoms with Crippen LogP contribution in [0.15, 0.2) is 48.9 Å². The number of amides is 1. The molecule has 1 aliphatic rings. The molecular weight excluding hydrogens is 328 g/mol. The number of hydrogen-bond acceptors (Lipinski definition) is 4. The molecule has 2 N–H and O–H groups in total. The smallest absolute Gasteiger partial charge is 0.253 e. The van der Waals surface area contributed by atoms with Crippen LogP contribution in [0.1, 0.15) is 35.2 Å². The lowest BCUT2D eigenvalue weighted by Gasteiger charge is -2.12. The van der Waals surface area contributed by atoms with Crippen molar-refractivity contribution in [2.45, 2.75) is 44.4 Å². The summed E-state index contributed by atoms with van der Waals surface area (Å²) in [6, 6.07) is 12.1. The minimum atomic E-state index is -0.304. The highest BCUT2D eigenvalue weighted by Crippen LogP contribution is 2.19. The van der Waals surface area contributed by atoms with Crippen LogP contribution in [-0.4, -0.2) is 37.7 Å². The number of hydrogen-bond donors (Lipinski definition) is 2. The molecule has 6 heteroatoms. The van der Waals surface area contributed by atoms with Crippen molar-refractivity contribution >= 4 is 17.1 Å². The van der Waals surface area contributed by atoms with Gasteiger partial charge in [-0.1, -0.05) is 30.3 Å². The van der Waals surface area contributed by atoms with E-state index in [4.69, 9.17) is 0 Å². The summed E-state index contributed by atoms with van der Waals surface area (Å²) in [6.07, 6.45) is 6.15. The number of rotatable bonds is 5. The van der Waals surface area contributed by atoms with E-state index < -0.39 is 0 Å². The molecule has 2 atom stereocenters. The SMILES string of the molecule is O=C(N[C@@H]1CC[C@H](O)C1)c1cnc2c(c1)ncn2CCc1ccccc1. The Labute approximate surface area is 151 Å². The number of aryl methyl sites for hydroxylation is 2. The third-order valence-electron chi connectivity index (χ3n) is 4.94. The van der Waals surface area contributed by atoms with Gasteiger partial charge in [0.25, 0.3) is 5.91 Å². The Balaban J connectivity index is 1.45. The molecule has 0 spiro atoms. The lowest BCUT2D eigenvalue weighted by Crippen LogP contribution is -2.33. The molecule has 1 amide bonds. The van der Waals surface area contributed by atoms with E-state index in [2.05, 4.69) is 27.4 Å². The van der Waals surface area contributed by atoms with Gasteiger partial charge >= 0.3 is 0 Å². The van der Waals surface area contributed by atoms with Crippen LogP contribution >= 0.6 is 0 Å². The summed E-state index contributed by atoms with van der Waals surface area (Å²) < 4.78 is 2.01. The van der Waals surface area contributed by atoms with Crippen molar-refractivity contribution in [3.8, 4) is 0 Å². The van der Waals surface area contributed by atoms with Crippen LogP contribution in [0.25, 0.3) is 11.2 Å². The molecule has 0 unspecified atom stereocenters. The number of nitrogens with zero attached hydrogens (tertiary/aromatic N) is 3. The third kappa shape index (κ3) is 3.60. The minimum Gasteiger partial charge on any atom is -0.393 e. The number of aromatic nitrogens is 3. The maximum Gasteiger partial charge on any atom is 0.253 e. The first-order valence-electron chi connectivity index (χ1n) is 9.03. The summed E-state index contributed by atoms with van der Waals surface area (Å²) in [4.78, 5) is 21.3. The highest BCUT2D eigenvalue weighted by Gasteiger charge is 2.24. The van der Waals surface area contributed by atoms with Crippen molar-refractivity contribution in [1.82, 2.24) is 19.9 Å². The first-order valence-corrected chi connectivity index (χ1v) is 9.03. The lowest BCUT2D eigenvalue weighted by atomic mass is 10.1. The van der Waals surface area contributed by atoms with Gasteiger partial charge in [-0.3, -0.25) is 4.79 Å². The van der Waals surface area contributed by atoms with E-state index in [-0.39, 0.29) is 18.1 Å². The topological polar surface area (TPSA) is 80.0 Å². The molecule has 0 bridgehead atoms. The van der Waals surface area contributed by atoms with E-state index in [9.17, 15) is 9.90 Å². The summed E-state index contributed by atoms with van der Waals surface area (Å²) in [5, 5.41) is 12.6. The van der Waals surface area contributed by atoms with Gasteiger partial charge in [0.05, 0.1) is 18.0 Å². The fourth-order valence-electron chi connectivity index (χ4n) is 3.49. The molecule has 0 radical (unpaired) electrons. The highest BCUT2D eigenvalue weighted by atomic mass is 16.3. The zero-order chi connectivity index (χ0) is 17.9. The van der Waals surface area contributed by atoms with Crippen molar-refractivity contribution in [3.05, 3.63) is 60.0 Å². The maximum atomic E-state index is 12.4. The first-order chi connectivity index (χ1) is 12.7. The van der Waals surface area contributed by atoms with Crippen LogP contribution in [0, 0.1) is 0 Å². The average molecular weight is 350 g/mol. The molecule has 0 saturated heterocycles. The van der Waals surface area contributed by atoms with E-state index in [0.29, 0.717) is 12.0 Å². The molecule has 1 fully saturated rings. The van der Waals surface area contributed by atoms with Gasteiger partial charge in [-0.05, 0) is 37.3 Å². The standard InChI is InChI=1S/C20H22N4O2/c25-17-7-6-16(11-17)23-20(26)15-10-18-19(21-12-15)24(13-22-18)9-8-14-4-2-1-3-5-14/h1-5,10,12-13,16-17,25H,6-9,11H2,(H,23,26)/t16-,17+/m1/s1. The Bertz CT molecular complexity index is 907. The molecule has 0 aliphatic heterocycles. The predicted octanol–water partition coefficient (Wildman–Crippen LogP) is 2.32. The second kappa shape index (κ2) is 7.25. The lowest BCUT2D eigenvalue weighted by molar-refractivity contribution is 0.0933. The van der Waals surface area contributed by atoms with Crippen LogP contribution in [-0.2, 0) is 13.0 Å². The molecule has 1 aliphatic carbocycles. The number of fused-ring (bicyclic) bond motifs is 1. The van der Waals surface area contributed by atoms with Crippen molar-refractivity contribution < 1.29 is 9.90 Å². The Morgan fingerprint density at radius 3 is 2.85 bits per heavy atom. The van der Waals surface area contributed by atoms with Crippen LogP contribution in [0.3, 0.4) is 0 Å². The van der Waals surface area contributed by atoms with Crippen LogP contribution in [0.2, 0.25) is 0 Å². The molecule has 2 aromatic heterocycles. The van der Waals surface area contributed by atoms with E-state index >= 15 is 0 Å². The van der Waals surface area contributed by atoms with Gasteiger partial charge < -0.3 is 15.0 Å². The van der Waals surface area contributed by atoms with Gasteiger partial charge in [0.1, 0.15) is 5.52 Å². The summed E-state index contributed by atoms with van der Waals surface area (Å²) >= 11 is 0. The maximum absolute atomic E-state index is 12.4. The normalized spacial score (nSPS) is 19.7. The fraction of sp³-hybridized carbons (Fsp3) is 0.350. The second-order valence-corrected chi connectivity index (χ2v) is 6.88. The van der Waals surface area contributed by atoms with Gasteiger partial charge in [-0.2, -0.15) is 0 Å². The summed E-state index contributed by atoms with van der Waals surface area (Å²) in [6.45, 7) is 0.791. The molecule has 3 aromatic rings. The van der Waals surface area contributed by atoms with E-state index in [1.54, 1.807) is 18.6 Å². The minimum absolute atomic E-state index is 0.0385. The third-order valence-corrected chi connectivity index (χ3v) is 4.94. The van der Waals surface area contributed by atoms with Crippen LogP contribution in [0.5, 0.6) is 0 Å². The molecule has 1 saturated carbocycles. The van der Waals surface area contributed by atoms with E-state index in [0.717, 1.165) is 37.0 Å². The number of carbonyl (C=O) groups is 1. The van der Waals surface area contributed by atoms with Crippen molar-refractivity contribution in [2.75, 3.05) is 0 Å². The fourth-order valence-corrected chi connectivity index (χ4v) is 3.49. The number of nitrogens with one attached hydrogen (secondary N) is 1. The zero-order valence-electron chi connectivity index (χ0n) is 14.5. The quantitative estimate of drug-likeness (QED) is 0.740. The van der Waals surface area contributed by atoms with Gasteiger partial charge in [0.2, 0.25) is 0 Å². The Morgan fingerprint density at radius 2 is 2.08 bits per heavy atom. The number of aliphatic hydroxyl groups excluding tert-OH is 1. The Hall–Kier alpha value is -2.73. The average Bonchev–Trinajstić information content (AvgIpc) is 3.26. The summed E-state index contributed by atoms with van der Waals surface area (Å²) in [7, 11) is 0. The number of carbonyl (C=O) groups excluding carboxylic acids is 1. The first kappa shape index (κ1) is 16.7. The Kier molecular flexibility index (Phi) is 4.67. The number of imidazole rings is 1. The van der Waals surface area contributed by atoms with Gasteiger partial charge in [-0.15, -0.1) is 0 Å². The Morgan fingerprint density at radius 1 is 1.23 bits per heavy atom. The molecule has 4 rings (SSSR count). The van der Waals surface area contributed by atoms with Crippen LogP contribution < -0.4 is 5.32 Å². The summed E-state index contributed by atoms with van der Waals surface area (Å²) in [5.41, 5.74) is 3.28. The van der Waals surface area contributed by atoms with Crippen molar-refractivity contribution in [2.24, 2.45) is 0 Å². The van der Waals surface area contributed by atoms with Crippen LogP contribution in [0.4, 0.5) is 0 Å². The van der Waals surface area contributed by atoms with Crippen molar-refractivity contribution in [1.29, 1.82) is 0 Å². The van der Waals surface area contributed by atoms with Crippen molar-refractivity contribution in [3.63, 3.8) is 0 Å². The zero-order valence-corrected chi connectivity index (χ0v) is 14.5. The number of pyridine rings is 1. The van der Waals surface area contributed by atoms with E-state index in [1.165, 1.54) is 5.56 Å². The van der Waals surface area contributed by atoms with E-state index in [1.807, 2.05) is 22.8 Å². The van der Waals surface area contributed by atoms with Gasteiger partial charge in [-0.25, -0.2) is 9.97 Å². The molecular formula is C20H22N4O2. The molecule has 2 heterocycles. The number of benzene rings is 1. The molecule has 6 nitrogen and oxygen atoms in total. The molecule has 1 aromatic carbocycles. The van der Waals surface area contributed by atoms with Gasteiger partial charge in [0.15, 0.2) is 5.65 Å². The highest BCUT2D eigenvalue weighted by molar-refractivity contribution is 5.96. The summed E-state index contributed by atoms with van der Waals surface area (Å²) in [5.74, 6) is -0.155. The molecule has 26 heavy (non-hydrogen) atoms. The van der Waals surface area contributed by atoms with Gasteiger partial charge in [0, 0.05) is 18.8 Å². The second-order valence-electron chi connectivity index (χ2n) is 6.88. The molecule has 134 valence electrons. The number of aliphatic hydroxyl groups is 1. The monoisotopic (exact) mass is 350 g/mol. The largest absolute Gasteiger partial charge is 0.393 e.